The van der Waals surface area contributed by atoms with Crippen LogP contribution in [0.1, 0.15) is 206 Å². The summed E-state index contributed by atoms with van der Waals surface area (Å²) in [5.74, 6) is 0. The molecule has 0 bridgehead atoms. The first-order valence-corrected chi connectivity index (χ1v) is 25.3. The van der Waals surface area contributed by atoms with Crippen LogP contribution in [-0.2, 0) is 14.2 Å². The Kier molecular flexibility index (Phi) is 490. The first-order chi connectivity index (χ1) is 31.1. The molecule has 0 saturated heterocycles. The van der Waals surface area contributed by atoms with Crippen molar-refractivity contribution >= 4 is 0 Å². The minimum atomic E-state index is 1.25. The minimum absolute atomic E-state index is 1.25. The van der Waals surface area contributed by atoms with Crippen LogP contribution in [0, 0.1) is 6.92 Å². The second-order valence-electron chi connectivity index (χ2n) is 7.05. The van der Waals surface area contributed by atoms with Crippen molar-refractivity contribution in [2.75, 3.05) is 42.7 Å². The van der Waals surface area contributed by atoms with Crippen molar-refractivity contribution in [2.24, 2.45) is 0 Å². The molecule has 4 rings (SSSR count). The zero-order valence-corrected chi connectivity index (χ0v) is 50.7. The molecular weight excluding hydrogens is 769 g/mol. The molecule has 0 fully saturated rings. The lowest BCUT2D eigenvalue weighted by Gasteiger charge is -1.82. The number of methoxy groups -OCH3 is 3. The first-order valence-electron chi connectivity index (χ1n) is 25.3. The van der Waals surface area contributed by atoms with E-state index in [4.69, 9.17) is 0 Å². The van der Waals surface area contributed by atoms with Crippen LogP contribution < -0.4 is 0 Å². The van der Waals surface area contributed by atoms with Crippen molar-refractivity contribution in [3.63, 3.8) is 0 Å². The Hall–Kier alpha value is -3.24. The Bertz CT molecular complexity index is 604. The molecule has 0 N–H and O–H groups in total. The topological polar surface area (TPSA) is 27.7 Å². The highest BCUT2D eigenvalue weighted by Crippen LogP contribution is 1.92. The van der Waals surface area contributed by atoms with Crippen LogP contribution >= 0.6 is 0 Å². The van der Waals surface area contributed by atoms with Gasteiger partial charge in [-0.1, -0.05) is 345 Å². The van der Waals surface area contributed by atoms with Crippen LogP contribution in [0.2, 0.25) is 0 Å². The molecule has 0 aliphatic heterocycles. The lowest BCUT2D eigenvalue weighted by atomic mass is 10.2. The SMILES string of the molecule is CC.CC.CC.CC.CC.CC.CC.CC.CC.CC.CC.CC.CC.CCC.COC.COC.COC.Cc1ccccc1.c1ccccc1.c1ccccc1.c1ccccc1. The highest BCUT2D eigenvalue weighted by atomic mass is 16.5. The van der Waals surface area contributed by atoms with Crippen molar-refractivity contribution in [1.82, 2.24) is 0 Å². The van der Waals surface area contributed by atoms with Crippen molar-refractivity contribution in [3.05, 3.63) is 145 Å². The van der Waals surface area contributed by atoms with Gasteiger partial charge in [-0.05, 0) is 6.92 Å². The molecule has 0 heterocycles. The minimum Gasteiger partial charge on any atom is -0.388 e. The van der Waals surface area contributed by atoms with E-state index < -0.39 is 0 Å². The molecular formula is C60H130O3. The van der Waals surface area contributed by atoms with Gasteiger partial charge in [0.1, 0.15) is 0 Å². The average Bonchev–Trinajstić information content (AvgIpc) is 3.42. The molecule has 0 unspecified atom stereocenters. The fourth-order valence-corrected chi connectivity index (χ4v) is 1.69. The van der Waals surface area contributed by atoms with Crippen molar-refractivity contribution < 1.29 is 14.2 Å². The zero-order valence-electron chi connectivity index (χ0n) is 50.7. The number of hydrogen-bond acceptors (Lipinski definition) is 3. The third kappa shape index (κ3) is 365. The summed E-state index contributed by atoms with van der Waals surface area (Å²) in [5, 5.41) is 0. The standard InChI is InChI=1S/C7H8.3C6H6.C3H8.3C2H6O.13C2H6/c1-7-5-3-2-4-6-7;3*1-2-4-6-5-3-1;4*1-3-2;13*1-2/h2-6H,1H3;3*1-6H;3H2,1-2H3;3*1-2H3;13*1-2H3. The molecule has 0 saturated carbocycles. The third-order valence-electron chi connectivity index (χ3n) is 2.94. The van der Waals surface area contributed by atoms with E-state index >= 15 is 0 Å². The molecule has 388 valence electrons. The number of benzene rings is 4. The van der Waals surface area contributed by atoms with E-state index in [1.165, 1.54) is 12.0 Å². The van der Waals surface area contributed by atoms with E-state index in [0.29, 0.717) is 0 Å². The summed E-state index contributed by atoms with van der Waals surface area (Å²) in [6, 6.07) is 46.3. The molecule has 63 heavy (non-hydrogen) atoms. The van der Waals surface area contributed by atoms with Gasteiger partial charge in [0.25, 0.3) is 0 Å². The Balaban J connectivity index is -0.0000000241. The van der Waals surface area contributed by atoms with Gasteiger partial charge in [-0.2, -0.15) is 0 Å². The number of ether oxygens (including phenoxy) is 3. The normalized spacial score (nSPS) is 5.63. The fraction of sp³-hybridized carbons (Fsp3) is 0.600. The molecule has 0 aromatic heterocycles. The van der Waals surface area contributed by atoms with E-state index in [9.17, 15) is 0 Å². The molecule has 0 amide bonds. The highest BCUT2D eigenvalue weighted by Gasteiger charge is 1.72. The summed E-state index contributed by atoms with van der Waals surface area (Å²) in [5.41, 5.74) is 1.32. The Morgan fingerprint density at radius 2 is 0.286 bits per heavy atom. The molecule has 0 aliphatic carbocycles. The number of aryl methyl sites for hydroxylation is 1. The second-order valence-corrected chi connectivity index (χ2v) is 7.05. The van der Waals surface area contributed by atoms with Gasteiger partial charge in [0.15, 0.2) is 0 Å². The van der Waals surface area contributed by atoms with Gasteiger partial charge in [-0.15, -0.1) is 0 Å². The van der Waals surface area contributed by atoms with Crippen LogP contribution in [0.3, 0.4) is 0 Å². The Morgan fingerprint density at radius 3 is 0.333 bits per heavy atom. The van der Waals surface area contributed by atoms with E-state index in [1.807, 2.05) is 307 Å². The molecule has 4 aromatic carbocycles. The predicted molar refractivity (Wildman–Crippen MR) is 313 cm³/mol. The molecule has 0 atom stereocenters. The smallest absolute Gasteiger partial charge is 0.0351 e. The highest BCUT2D eigenvalue weighted by molar-refractivity contribution is 5.11. The van der Waals surface area contributed by atoms with E-state index in [0.717, 1.165) is 0 Å². The largest absolute Gasteiger partial charge is 0.388 e. The van der Waals surface area contributed by atoms with Crippen molar-refractivity contribution in [1.29, 1.82) is 0 Å². The quantitative estimate of drug-likeness (QED) is 0.176. The third-order valence-corrected chi connectivity index (χ3v) is 2.94. The van der Waals surface area contributed by atoms with Gasteiger partial charge in [0.05, 0.1) is 0 Å². The lowest BCUT2D eigenvalue weighted by Crippen LogP contribution is -1.62. The first kappa shape index (κ1) is 113. The zero-order chi connectivity index (χ0) is 54.7. The van der Waals surface area contributed by atoms with Crippen LogP contribution in [0.25, 0.3) is 0 Å². The van der Waals surface area contributed by atoms with Crippen LogP contribution in [-0.4, -0.2) is 42.7 Å². The van der Waals surface area contributed by atoms with E-state index in [-0.39, 0.29) is 0 Å². The molecule has 4 aromatic rings. The maximum absolute atomic E-state index is 4.25. The van der Waals surface area contributed by atoms with Crippen LogP contribution in [0.4, 0.5) is 0 Å². The van der Waals surface area contributed by atoms with E-state index in [2.05, 4.69) is 47.1 Å². The van der Waals surface area contributed by atoms with Gasteiger partial charge in [0.2, 0.25) is 0 Å². The summed E-state index contributed by atoms with van der Waals surface area (Å²) in [6.45, 7) is 58.3. The van der Waals surface area contributed by atoms with Crippen LogP contribution in [0.15, 0.2) is 140 Å². The maximum Gasteiger partial charge on any atom is 0.0351 e. The van der Waals surface area contributed by atoms with Crippen molar-refractivity contribution in [2.45, 2.75) is 207 Å². The van der Waals surface area contributed by atoms with Gasteiger partial charge in [-0.25, -0.2) is 0 Å². The summed E-state index contributed by atoms with van der Waals surface area (Å²) in [6.07, 6.45) is 1.25. The number of rotatable bonds is 0. The Labute approximate surface area is 407 Å². The molecule has 0 spiro atoms. The monoisotopic (exact) mass is 899 g/mol. The lowest BCUT2D eigenvalue weighted by molar-refractivity contribution is 0.277. The average molecular weight is 900 g/mol. The molecule has 3 heteroatoms. The Morgan fingerprint density at radius 1 is 0.222 bits per heavy atom. The molecule has 0 radical (unpaired) electrons. The fourth-order valence-electron chi connectivity index (χ4n) is 1.69. The van der Waals surface area contributed by atoms with Gasteiger partial charge < -0.3 is 14.2 Å². The van der Waals surface area contributed by atoms with E-state index in [1.54, 1.807) is 42.7 Å². The maximum atomic E-state index is 4.25. The molecule has 3 nitrogen and oxygen atoms in total. The van der Waals surface area contributed by atoms with Crippen molar-refractivity contribution in [3.8, 4) is 0 Å². The van der Waals surface area contributed by atoms with Gasteiger partial charge in [-0.3, -0.25) is 0 Å². The number of hydrogen-bond donors (Lipinski definition) is 0. The van der Waals surface area contributed by atoms with Crippen LogP contribution in [0.5, 0.6) is 0 Å². The summed E-state index contributed by atoms with van der Waals surface area (Å²) in [7, 11) is 9.75. The van der Waals surface area contributed by atoms with Gasteiger partial charge in [0, 0.05) is 42.7 Å². The summed E-state index contributed by atoms with van der Waals surface area (Å²) < 4.78 is 12.8. The predicted octanol–water partition coefficient (Wildman–Crippen LogP) is 22.6. The summed E-state index contributed by atoms with van der Waals surface area (Å²) in [4.78, 5) is 0. The molecule has 0 aliphatic rings. The van der Waals surface area contributed by atoms with Gasteiger partial charge >= 0.3 is 0 Å². The second kappa shape index (κ2) is 274. The summed E-state index contributed by atoms with van der Waals surface area (Å²) >= 11 is 0.